The van der Waals surface area contributed by atoms with Crippen LogP contribution < -0.4 is 0 Å². The Morgan fingerprint density at radius 1 is 0.605 bits per heavy atom. The number of alkyl halides is 6. The number of rotatable bonds is 7. The van der Waals surface area contributed by atoms with Crippen LogP contribution in [0.4, 0.5) is 26.3 Å². The third-order valence-electron chi connectivity index (χ3n) is 8.65. The van der Waals surface area contributed by atoms with Crippen molar-refractivity contribution < 1.29 is 45.4 Å². The Morgan fingerprint density at radius 2 is 0.974 bits per heavy atom. The van der Waals surface area contributed by atoms with E-state index in [4.69, 9.17) is 4.74 Å². The number of carbonyl (C=O) groups excluding carboxylic acids is 2. The monoisotopic (exact) mass is 562 g/mol. The van der Waals surface area contributed by atoms with Gasteiger partial charge in [-0.1, -0.05) is 69.2 Å². The van der Waals surface area contributed by atoms with Crippen molar-refractivity contribution >= 4 is 11.9 Å². The third-order valence-corrected chi connectivity index (χ3v) is 8.65. The van der Waals surface area contributed by atoms with E-state index in [2.05, 4.69) is 4.74 Å². The van der Waals surface area contributed by atoms with Crippen LogP contribution in [0.1, 0.15) is 110 Å². The molecule has 0 aromatic carbocycles. The van der Waals surface area contributed by atoms with Crippen LogP contribution in [-0.2, 0) is 19.1 Å². The molecule has 0 saturated heterocycles. The lowest BCUT2D eigenvalue weighted by atomic mass is 9.41. The number of halogens is 6. The van der Waals surface area contributed by atoms with Crippen molar-refractivity contribution in [2.24, 2.45) is 32.5 Å². The Bertz CT molecular complexity index is 852. The second kappa shape index (κ2) is 10.2. The summed E-state index contributed by atoms with van der Waals surface area (Å²) in [6.07, 6.45) is -15.7. The maximum absolute atomic E-state index is 13.8. The first-order valence-electron chi connectivity index (χ1n) is 12.7. The van der Waals surface area contributed by atoms with Crippen molar-refractivity contribution in [3.8, 4) is 0 Å². The van der Waals surface area contributed by atoms with Crippen molar-refractivity contribution in [1.29, 1.82) is 0 Å². The zero-order chi connectivity index (χ0) is 31.4. The van der Waals surface area contributed by atoms with Crippen LogP contribution in [0.25, 0.3) is 0 Å². The lowest BCUT2D eigenvalue weighted by Crippen LogP contribution is -2.64. The molecule has 0 bridgehead atoms. The van der Waals surface area contributed by atoms with Gasteiger partial charge in [-0.25, -0.2) is 0 Å². The smallest absolute Gasteiger partial charge is 0.434 e. The first-order chi connectivity index (χ1) is 16.1. The molecular weight excluding hydrogens is 514 g/mol. The highest BCUT2D eigenvalue weighted by Gasteiger charge is 2.69. The second-order valence-electron chi connectivity index (χ2n) is 15.1. The van der Waals surface area contributed by atoms with Crippen molar-refractivity contribution in [3.05, 3.63) is 0 Å². The second-order valence-corrected chi connectivity index (χ2v) is 15.1. The van der Waals surface area contributed by atoms with Crippen LogP contribution in [0.3, 0.4) is 0 Å². The van der Waals surface area contributed by atoms with Gasteiger partial charge in [0.1, 0.15) is 5.60 Å². The molecule has 0 aromatic heterocycles. The molecule has 0 saturated carbocycles. The van der Waals surface area contributed by atoms with E-state index < -0.39 is 68.5 Å². The highest BCUT2D eigenvalue weighted by molar-refractivity contribution is 5.81. The number of carbonyl (C=O) groups is 2. The number of esters is 2. The largest absolute Gasteiger partial charge is 0.460 e. The van der Waals surface area contributed by atoms with E-state index in [1.54, 1.807) is 76.2 Å². The van der Waals surface area contributed by atoms with Gasteiger partial charge in [-0.05, 0) is 62.7 Å². The highest BCUT2D eigenvalue weighted by Crippen LogP contribution is 2.66. The fourth-order valence-electron chi connectivity index (χ4n) is 5.36. The minimum Gasteiger partial charge on any atom is -0.460 e. The number of hydrogen-bond donors (Lipinski definition) is 0. The van der Waals surface area contributed by atoms with Crippen molar-refractivity contribution in [3.63, 3.8) is 0 Å². The number of hydrogen-bond acceptors (Lipinski definition) is 4. The molecule has 38 heavy (non-hydrogen) atoms. The number of ether oxygens (including phenoxy) is 2. The summed E-state index contributed by atoms with van der Waals surface area (Å²) in [6.45, 7) is 25.0. The van der Waals surface area contributed by atoms with Gasteiger partial charge < -0.3 is 9.47 Å². The summed E-state index contributed by atoms with van der Waals surface area (Å²) in [5.41, 5.74) is -8.37. The molecule has 0 aliphatic carbocycles. The van der Waals surface area contributed by atoms with Gasteiger partial charge in [-0.2, -0.15) is 26.3 Å². The van der Waals surface area contributed by atoms with E-state index in [-0.39, 0.29) is 6.42 Å². The summed E-state index contributed by atoms with van der Waals surface area (Å²) in [5.74, 6) is -2.23. The van der Waals surface area contributed by atoms with Crippen LogP contribution in [0.2, 0.25) is 0 Å². The molecule has 4 nitrogen and oxygen atoms in total. The van der Waals surface area contributed by atoms with E-state index in [0.29, 0.717) is 0 Å². The zero-order valence-electron chi connectivity index (χ0n) is 25.7. The van der Waals surface area contributed by atoms with Gasteiger partial charge >= 0.3 is 24.3 Å². The lowest BCUT2D eigenvalue weighted by Gasteiger charge is -2.62. The fraction of sp³-hybridized carbons (Fsp3) is 0.929. The Hall–Kier alpha value is -1.48. The quantitative estimate of drug-likeness (QED) is 0.230. The topological polar surface area (TPSA) is 52.6 Å². The lowest BCUT2D eigenvalue weighted by molar-refractivity contribution is -0.319. The summed E-state index contributed by atoms with van der Waals surface area (Å²) < 4.78 is 90.3. The Kier molecular flexibility index (Phi) is 9.77. The normalized spacial score (nSPS) is 18.1. The molecule has 0 aromatic rings. The maximum Gasteiger partial charge on any atom is 0.434 e. The first-order valence-corrected chi connectivity index (χ1v) is 12.7. The van der Waals surface area contributed by atoms with Gasteiger partial charge in [-0.15, -0.1) is 0 Å². The van der Waals surface area contributed by atoms with Crippen LogP contribution in [0.15, 0.2) is 0 Å². The van der Waals surface area contributed by atoms with E-state index >= 15 is 0 Å². The first kappa shape index (κ1) is 36.5. The highest BCUT2D eigenvalue weighted by atomic mass is 19.4. The minimum absolute atomic E-state index is 0.258. The van der Waals surface area contributed by atoms with Crippen molar-refractivity contribution in [2.75, 3.05) is 0 Å². The van der Waals surface area contributed by atoms with Gasteiger partial charge in [0.2, 0.25) is 0 Å². The Labute approximate surface area is 224 Å². The summed E-state index contributed by atoms with van der Waals surface area (Å²) in [4.78, 5) is 27.4. The van der Waals surface area contributed by atoms with Gasteiger partial charge in [0.05, 0.1) is 10.8 Å². The molecule has 0 amide bonds. The van der Waals surface area contributed by atoms with Crippen LogP contribution >= 0.6 is 0 Å². The molecule has 0 radical (unpaired) electrons. The van der Waals surface area contributed by atoms with E-state index in [1.165, 1.54) is 6.92 Å². The molecule has 2 atom stereocenters. The molecule has 226 valence electrons. The summed E-state index contributed by atoms with van der Waals surface area (Å²) in [5, 5.41) is 0. The van der Waals surface area contributed by atoms with Gasteiger partial charge in [0.15, 0.2) is 0 Å². The Morgan fingerprint density at radius 3 is 1.24 bits per heavy atom. The van der Waals surface area contributed by atoms with Crippen molar-refractivity contribution in [1.82, 2.24) is 0 Å². The standard InChI is InChI=1S/C28H48F6O4/c1-20(2,3)16-25(14,18(35)38-22(7,8)9)23(10,11)24(12,13)26(15,21(4,5)6)19(36)37-17(27(29,30)31)28(32,33)34/h17H,16H2,1-15H3. The molecule has 2 unspecified atom stereocenters. The molecular formula is C28H48F6O4. The van der Waals surface area contributed by atoms with Crippen LogP contribution in [-0.4, -0.2) is 36.0 Å². The molecule has 0 N–H and O–H groups in total. The van der Waals surface area contributed by atoms with Gasteiger partial charge in [0, 0.05) is 0 Å². The summed E-state index contributed by atoms with van der Waals surface area (Å²) in [7, 11) is 0. The predicted octanol–water partition coefficient (Wildman–Crippen LogP) is 8.91. The Balaban J connectivity index is 7.30. The van der Waals surface area contributed by atoms with Crippen LogP contribution in [0.5, 0.6) is 0 Å². The van der Waals surface area contributed by atoms with Crippen molar-refractivity contribution in [2.45, 2.75) is 134 Å². The molecule has 0 aliphatic heterocycles. The SMILES string of the molecule is CC(C)(C)CC(C)(C(=O)OC(C)(C)C)C(C)(C)C(C)(C)C(C)(C(=O)OC(C(F)(F)F)C(F)(F)F)C(C)(C)C. The van der Waals surface area contributed by atoms with Crippen LogP contribution in [0, 0.1) is 32.5 Å². The predicted molar refractivity (Wildman–Crippen MR) is 135 cm³/mol. The van der Waals surface area contributed by atoms with Gasteiger partial charge in [-0.3, -0.25) is 9.59 Å². The zero-order valence-corrected chi connectivity index (χ0v) is 25.7. The maximum atomic E-state index is 13.8. The summed E-state index contributed by atoms with van der Waals surface area (Å²) in [6, 6.07) is 0. The minimum atomic E-state index is -5.86. The van der Waals surface area contributed by atoms with E-state index in [1.807, 2.05) is 20.8 Å². The van der Waals surface area contributed by atoms with Gasteiger partial charge in [0.25, 0.3) is 6.10 Å². The fourth-order valence-corrected chi connectivity index (χ4v) is 5.36. The van der Waals surface area contributed by atoms with E-state index in [9.17, 15) is 35.9 Å². The molecule has 0 fully saturated rings. The average molecular weight is 563 g/mol. The molecule has 0 spiro atoms. The molecule has 0 heterocycles. The molecule has 0 aliphatic rings. The molecule has 0 rings (SSSR count). The average Bonchev–Trinajstić information content (AvgIpc) is 2.58. The summed E-state index contributed by atoms with van der Waals surface area (Å²) >= 11 is 0. The van der Waals surface area contributed by atoms with E-state index in [0.717, 1.165) is 0 Å². The third kappa shape index (κ3) is 7.18. The molecule has 10 heteroatoms.